The topological polar surface area (TPSA) is 44.6 Å². The highest BCUT2D eigenvalue weighted by molar-refractivity contribution is 5.77. The lowest BCUT2D eigenvalue weighted by Crippen LogP contribution is -2.48. The van der Waals surface area contributed by atoms with E-state index in [-0.39, 0.29) is 5.91 Å². The molecule has 2 heterocycles. The Labute approximate surface area is 186 Å². The van der Waals surface area contributed by atoms with Gasteiger partial charge in [-0.25, -0.2) is 0 Å². The van der Waals surface area contributed by atoms with Crippen molar-refractivity contribution in [1.82, 2.24) is 24.5 Å². The van der Waals surface area contributed by atoms with E-state index in [1.54, 1.807) is 4.90 Å². The molecular formula is C25H37N5O. The molecule has 1 saturated carbocycles. The molecule has 2 aromatic rings. The predicted octanol–water partition coefficient (Wildman–Crippen LogP) is 3.34. The van der Waals surface area contributed by atoms with Crippen molar-refractivity contribution in [2.75, 3.05) is 46.8 Å². The van der Waals surface area contributed by atoms with Crippen LogP contribution in [0.4, 0.5) is 0 Å². The number of benzene rings is 1. The summed E-state index contributed by atoms with van der Waals surface area (Å²) in [5.74, 6) is 0.918. The van der Waals surface area contributed by atoms with Gasteiger partial charge in [0.25, 0.3) is 0 Å². The zero-order valence-electron chi connectivity index (χ0n) is 19.4. The average Bonchev–Trinajstić information content (AvgIpc) is 3.15. The van der Waals surface area contributed by atoms with Crippen LogP contribution in [0.1, 0.15) is 49.1 Å². The Balaban J connectivity index is 1.38. The van der Waals surface area contributed by atoms with Crippen molar-refractivity contribution < 1.29 is 4.79 Å². The number of piperazine rings is 1. The largest absolute Gasteiger partial charge is 0.348 e. The number of amides is 1. The Morgan fingerprint density at radius 1 is 1.00 bits per heavy atom. The van der Waals surface area contributed by atoms with Crippen LogP contribution in [0, 0.1) is 0 Å². The Morgan fingerprint density at radius 2 is 1.65 bits per heavy atom. The van der Waals surface area contributed by atoms with Crippen LogP contribution in [0.2, 0.25) is 0 Å². The molecule has 0 bridgehead atoms. The minimum Gasteiger partial charge on any atom is -0.348 e. The number of rotatable bonds is 6. The molecule has 1 aromatic heterocycles. The van der Waals surface area contributed by atoms with Gasteiger partial charge in [0, 0.05) is 71.2 Å². The monoisotopic (exact) mass is 423 g/mol. The van der Waals surface area contributed by atoms with Crippen LogP contribution in [-0.2, 0) is 18.4 Å². The van der Waals surface area contributed by atoms with E-state index in [4.69, 9.17) is 5.10 Å². The number of likely N-dealkylation sites (N-methyl/N-ethyl adjacent to an activating group) is 1. The van der Waals surface area contributed by atoms with Crippen LogP contribution < -0.4 is 0 Å². The molecule has 1 aliphatic heterocycles. The lowest BCUT2D eigenvalue weighted by Gasteiger charge is -2.34. The maximum atomic E-state index is 12.0. The lowest BCUT2D eigenvalue weighted by atomic mass is 9.84. The smallest absolute Gasteiger partial charge is 0.236 e. The molecule has 2 fully saturated rings. The van der Waals surface area contributed by atoms with Crippen molar-refractivity contribution in [3.8, 4) is 11.3 Å². The van der Waals surface area contributed by atoms with E-state index in [2.05, 4.69) is 40.3 Å². The third kappa shape index (κ3) is 5.55. The molecule has 0 atom stereocenters. The number of carbonyl (C=O) groups is 1. The Hall–Kier alpha value is -2.18. The van der Waals surface area contributed by atoms with Crippen LogP contribution in [0.15, 0.2) is 30.5 Å². The summed E-state index contributed by atoms with van der Waals surface area (Å²) in [7, 11) is 5.66. The molecule has 0 unspecified atom stereocenters. The lowest BCUT2D eigenvalue weighted by molar-refractivity contribution is -0.130. The first-order valence-corrected chi connectivity index (χ1v) is 11.8. The summed E-state index contributed by atoms with van der Waals surface area (Å²) in [5, 5.41) is 4.79. The first-order valence-electron chi connectivity index (χ1n) is 11.8. The molecule has 6 heteroatoms. The van der Waals surface area contributed by atoms with Gasteiger partial charge in [0.2, 0.25) is 5.91 Å². The van der Waals surface area contributed by atoms with Gasteiger partial charge in [-0.05, 0) is 24.3 Å². The van der Waals surface area contributed by atoms with Crippen LogP contribution in [-0.4, -0.2) is 77.2 Å². The van der Waals surface area contributed by atoms with Gasteiger partial charge in [0.1, 0.15) is 0 Å². The minimum absolute atomic E-state index is 0.180. The van der Waals surface area contributed by atoms with Gasteiger partial charge in [0.05, 0.1) is 12.2 Å². The molecule has 0 spiro atoms. The van der Waals surface area contributed by atoms with Crippen molar-refractivity contribution in [2.45, 2.75) is 44.6 Å². The standard InChI is InChI=1S/C25H37N5O/c1-27(2)24(31)19-30-15-13-29(14-16-30)18-23-17-28(3)26-25(23)22-11-9-21(10-12-22)20-7-5-4-6-8-20/h9-12,17,20H,4-8,13-16,18-19H2,1-3H3. The van der Waals surface area contributed by atoms with E-state index < -0.39 is 0 Å². The average molecular weight is 424 g/mol. The summed E-state index contributed by atoms with van der Waals surface area (Å²) in [6.45, 7) is 5.26. The maximum absolute atomic E-state index is 12.0. The summed E-state index contributed by atoms with van der Waals surface area (Å²) < 4.78 is 1.94. The van der Waals surface area contributed by atoms with Gasteiger partial charge in [0.15, 0.2) is 0 Å². The van der Waals surface area contributed by atoms with Crippen LogP contribution in [0.25, 0.3) is 11.3 Å². The van der Waals surface area contributed by atoms with Crippen molar-refractivity contribution in [3.63, 3.8) is 0 Å². The summed E-state index contributed by atoms with van der Waals surface area (Å²) in [4.78, 5) is 18.4. The van der Waals surface area contributed by atoms with Crippen LogP contribution >= 0.6 is 0 Å². The highest BCUT2D eigenvalue weighted by Crippen LogP contribution is 2.34. The zero-order chi connectivity index (χ0) is 21.8. The summed E-state index contributed by atoms with van der Waals surface area (Å²) in [5.41, 5.74) is 5.09. The first kappa shape index (κ1) is 22.0. The first-order chi connectivity index (χ1) is 15.0. The molecule has 31 heavy (non-hydrogen) atoms. The number of aryl methyl sites for hydroxylation is 1. The van der Waals surface area contributed by atoms with E-state index in [1.807, 2.05) is 25.8 Å². The molecule has 0 radical (unpaired) electrons. The SMILES string of the molecule is CN(C)C(=O)CN1CCN(Cc2cn(C)nc2-c2ccc(C3CCCCC3)cc2)CC1. The normalized spacial score (nSPS) is 18.9. The number of hydrogen-bond acceptors (Lipinski definition) is 4. The second kappa shape index (κ2) is 9.96. The molecule has 1 aliphatic carbocycles. The van der Waals surface area contributed by atoms with E-state index in [9.17, 15) is 4.79 Å². The minimum atomic E-state index is 0.180. The molecule has 1 aromatic carbocycles. The Kier molecular flexibility index (Phi) is 7.08. The van der Waals surface area contributed by atoms with Gasteiger partial charge < -0.3 is 4.90 Å². The van der Waals surface area contributed by atoms with Gasteiger partial charge >= 0.3 is 0 Å². The molecule has 168 valence electrons. The highest BCUT2D eigenvalue weighted by atomic mass is 16.2. The number of carbonyl (C=O) groups excluding carboxylic acids is 1. The van der Waals surface area contributed by atoms with Crippen molar-refractivity contribution in [2.24, 2.45) is 7.05 Å². The Morgan fingerprint density at radius 3 is 2.29 bits per heavy atom. The number of aromatic nitrogens is 2. The predicted molar refractivity (Wildman–Crippen MR) is 125 cm³/mol. The van der Waals surface area contributed by atoms with Crippen molar-refractivity contribution in [1.29, 1.82) is 0 Å². The van der Waals surface area contributed by atoms with Gasteiger partial charge in [-0.1, -0.05) is 43.5 Å². The van der Waals surface area contributed by atoms with Crippen LogP contribution in [0.3, 0.4) is 0 Å². The molecular weight excluding hydrogens is 386 g/mol. The van der Waals surface area contributed by atoms with E-state index in [1.165, 1.54) is 48.8 Å². The Bertz CT molecular complexity index is 859. The third-order valence-corrected chi connectivity index (χ3v) is 6.88. The second-order valence-corrected chi connectivity index (χ2v) is 9.47. The number of nitrogens with zero attached hydrogens (tertiary/aromatic N) is 5. The second-order valence-electron chi connectivity index (χ2n) is 9.47. The zero-order valence-corrected chi connectivity index (χ0v) is 19.4. The molecule has 6 nitrogen and oxygen atoms in total. The van der Waals surface area contributed by atoms with Crippen molar-refractivity contribution in [3.05, 3.63) is 41.6 Å². The third-order valence-electron chi connectivity index (χ3n) is 6.88. The molecule has 1 saturated heterocycles. The molecule has 4 rings (SSSR count). The van der Waals surface area contributed by atoms with Crippen LogP contribution in [0.5, 0.6) is 0 Å². The molecule has 2 aliphatic rings. The van der Waals surface area contributed by atoms with E-state index >= 15 is 0 Å². The van der Waals surface area contributed by atoms with E-state index in [0.717, 1.165) is 44.3 Å². The van der Waals surface area contributed by atoms with Gasteiger partial charge in [-0.3, -0.25) is 19.3 Å². The summed E-state index contributed by atoms with van der Waals surface area (Å²) in [6.07, 6.45) is 8.96. The van der Waals surface area contributed by atoms with Gasteiger partial charge in [-0.15, -0.1) is 0 Å². The summed E-state index contributed by atoms with van der Waals surface area (Å²) in [6, 6.07) is 9.18. The molecule has 1 amide bonds. The summed E-state index contributed by atoms with van der Waals surface area (Å²) >= 11 is 0. The molecule has 0 N–H and O–H groups in total. The van der Waals surface area contributed by atoms with E-state index in [0.29, 0.717) is 6.54 Å². The fourth-order valence-electron chi connectivity index (χ4n) is 4.92. The van der Waals surface area contributed by atoms with Gasteiger partial charge in [-0.2, -0.15) is 5.10 Å². The fourth-order valence-corrected chi connectivity index (χ4v) is 4.92. The van der Waals surface area contributed by atoms with Crippen molar-refractivity contribution >= 4 is 5.91 Å². The maximum Gasteiger partial charge on any atom is 0.236 e. The quantitative estimate of drug-likeness (QED) is 0.715. The fraction of sp³-hybridized carbons (Fsp3) is 0.600. The number of hydrogen-bond donors (Lipinski definition) is 0. The highest BCUT2D eigenvalue weighted by Gasteiger charge is 2.22.